The second-order valence-corrected chi connectivity index (χ2v) is 7.07. The zero-order valence-corrected chi connectivity index (χ0v) is 16.6. The van der Waals surface area contributed by atoms with Crippen LogP contribution in [0, 0.1) is 6.92 Å². The number of hydrogen-bond donors (Lipinski definition) is 0. The van der Waals surface area contributed by atoms with Gasteiger partial charge in [0.15, 0.2) is 12.3 Å². The van der Waals surface area contributed by atoms with E-state index in [0.29, 0.717) is 5.89 Å². The van der Waals surface area contributed by atoms with Crippen molar-refractivity contribution >= 4 is 17.3 Å². The van der Waals surface area contributed by atoms with Gasteiger partial charge in [-0.2, -0.15) is 0 Å². The third kappa shape index (κ3) is 4.33. The second-order valence-electron chi connectivity index (χ2n) is 6.21. The molecule has 0 amide bonds. The number of rotatable bonds is 6. The molecule has 0 saturated carbocycles. The molecule has 146 valence electrons. The number of benzene rings is 2. The summed E-state index contributed by atoms with van der Waals surface area (Å²) in [5, 5.41) is 10.3. The second kappa shape index (κ2) is 8.24. The molecule has 0 N–H and O–H groups in total. The smallest absolute Gasteiger partial charge is 0.358 e. The van der Waals surface area contributed by atoms with Crippen LogP contribution in [0.15, 0.2) is 58.3 Å². The molecule has 0 aliphatic heterocycles. The maximum absolute atomic E-state index is 12.3. The fraction of sp³-hybridized carbons (Fsp3) is 0.143. The standard InChI is InChI=1S/C21H17N3O4S/c1-13-4-3-5-15(10-13)19-24-23-18(28-19)11-27-21(25)17-12-29-20(22-17)14-6-8-16(26-2)9-7-14/h3-10,12H,11H2,1-2H3. The minimum atomic E-state index is -0.545. The fourth-order valence-corrected chi connectivity index (χ4v) is 3.44. The third-order valence-electron chi connectivity index (χ3n) is 4.11. The number of nitrogens with zero attached hydrogens (tertiary/aromatic N) is 3. The lowest BCUT2D eigenvalue weighted by molar-refractivity contribution is 0.0433. The first kappa shape index (κ1) is 18.8. The molecule has 0 bridgehead atoms. The Kier molecular flexibility index (Phi) is 5.35. The van der Waals surface area contributed by atoms with Crippen molar-refractivity contribution in [3.05, 3.63) is 71.1 Å². The monoisotopic (exact) mass is 407 g/mol. The van der Waals surface area contributed by atoms with Crippen molar-refractivity contribution in [2.24, 2.45) is 0 Å². The first-order chi connectivity index (χ1) is 14.1. The number of aromatic nitrogens is 3. The van der Waals surface area contributed by atoms with Crippen molar-refractivity contribution in [2.75, 3.05) is 7.11 Å². The third-order valence-corrected chi connectivity index (χ3v) is 5.00. The van der Waals surface area contributed by atoms with E-state index in [1.165, 1.54) is 11.3 Å². The van der Waals surface area contributed by atoms with E-state index >= 15 is 0 Å². The molecule has 0 saturated heterocycles. The van der Waals surface area contributed by atoms with E-state index in [1.807, 2.05) is 55.5 Å². The van der Waals surface area contributed by atoms with Crippen LogP contribution in [0.25, 0.3) is 22.0 Å². The predicted octanol–water partition coefficient (Wildman–Crippen LogP) is 4.53. The summed E-state index contributed by atoms with van der Waals surface area (Å²) in [5.41, 5.74) is 3.04. The van der Waals surface area contributed by atoms with Crippen molar-refractivity contribution < 1.29 is 18.7 Å². The first-order valence-electron chi connectivity index (χ1n) is 8.79. The van der Waals surface area contributed by atoms with Gasteiger partial charge < -0.3 is 13.9 Å². The number of thiazole rings is 1. The molecule has 2 aromatic carbocycles. The summed E-state index contributed by atoms with van der Waals surface area (Å²) in [6.07, 6.45) is 0. The summed E-state index contributed by atoms with van der Waals surface area (Å²) in [7, 11) is 1.61. The van der Waals surface area contributed by atoms with Crippen LogP contribution in [0.4, 0.5) is 0 Å². The molecule has 8 heteroatoms. The van der Waals surface area contributed by atoms with Crippen LogP contribution in [0.1, 0.15) is 21.9 Å². The van der Waals surface area contributed by atoms with Gasteiger partial charge in [-0.1, -0.05) is 17.7 Å². The Bertz CT molecular complexity index is 1130. The maximum atomic E-state index is 12.3. The van der Waals surface area contributed by atoms with Crippen LogP contribution >= 0.6 is 11.3 Å². The van der Waals surface area contributed by atoms with Gasteiger partial charge in [0.2, 0.25) is 5.89 Å². The number of methoxy groups -OCH3 is 1. The average molecular weight is 407 g/mol. The quantitative estimate of drug-likeness (QED) is 0.434. The van der Waals surface area contributed by atoms with Gasteiger partial charge in [-0.05, 0) is 43.3 Å². The molecule has 29 heavy (non-hydrogen) atoms. The van der Waals surface area contributed by atoms with Gasteiger partial charge in [0.1, 0.15) is 10.8 Å². The van der Waals surface area contributed by atoms with Crippen molar-refractivity contribution in [1.82, 2.24) is 15.2 Å². The number of carbonyl (C=O) groups excluding carboxylic acids is 1. The molecular weight excluding hydrogens is 390 g/mol. The molecule has 0 aliphatic carbocycles. The van der Waals surface area contributed by atoms with Gasteiger partial charge in [-0.3, -0.25) is 0 Å². The highest BCUT2D eigenvalue weighted by Crippen LogP contribution is 2.26. The van der Waals surface area contributed by atoms with E-state index in [9.17, 15) is 4.79 Å². The van der Waals surface area contributed by atoms with Gasteiger partial charge >= 0.3 is 5.97 Å². The Labute approximate surface area is 171 Å². The number of ether oxygens (including phenoxy) is 2. The van der Waals surface area contributed by atoms with Gasteiger partial charge in [0.25, 0.3) is 5.89 Å². The highest BCUT2D eigenvalue weighted by atomic mass is 32.1. The van der Waals surface area contributed by atoms with Crippen molar-refractivity contribution in [3.63, 3.8) is 0 Å². The van der Waals surface area contributed by atoms with Crippen molar-refractivity contribution in [1.29, 1.82) is 0 Å². The summed E-state index contributed by atoms with van der Waals surface area (Å²) < 4.78 is 16.0. The lowest BCUT2D eigenvalue weighted by atomic mass is 10.1. The summed E-state index contributed by atoms with van der Waals surface area (Å²) in [6, 6.07) is 15.2. The Hall–Kier alpha value is -3.52. The van der Waals surface area contributed by atoms with E-state index in [1.54, 1.807) is 12.5 Å². The summed E-state index contributed by atoms with van der Waals surface area (Å²) >= 11 is 1.36. The Morgan fingerprint density at radius 1 is 1.10 bits per heavy atom. The van der Waals surface area contributed by atoms with Crippen molar-refractivity contribution in [2.45, 2.75) is 13.5 Å². The molecule has 0 fully saturated rings. The molecule has 4 aromatic rings. The Morgan fingerprint density at radius 3 is 2.69 bits per heavy atom. The van der Waals surface area contributed by atoms with Gasteiger partial charge in [-0.15, -0.1) is 21.5 Å². The van der Waals surface area contributed by atoms with Gasteiger partial charge in [0.05, 0.1) is 7.11 Å². The Balaban J connectivity index is 1.39. The van der Waals surface area contributed by atoms with E-state index in [4.69, 9.17) is 13.9 Å². The largest absolute Gasteiger partial charge is 0.497 e. The summed E-state index contributed by atoms with van der Waals surface area (Å²) in [6.45, 7) is 1.86. The topological polar surface area (TPSA) is 87.3 Å². The zero-order chi connectivity index (χ0) is 20.2. The van der Waals surface area contributed by atoms with Crippen LogP contribution in [0.5, 0.6) is 5.75 Å². The molecule has 0 atom stereocenters. The molecule has 2 aromatic heterocycles. The molecule has 0 aliphatic rings. The average Bonchev–Trinajstić information content (AvgIpc) is 3.42. The Morgan fingerprint density at radius 2 is 1.93 bits per heavy atom. The lowest BCUT2D eigenvalue weighted by Crippen LogP contribution is -2.05. The number of aryl methyl sites for hydroxylation is 1. The summed E-state index contributed by atoms with van der Waals surface area (Å²) in [4.78, 5) is 16.6. The number of hydrogen-bond acceptors (Lipinski definition) is 8. The highest BCUT2D eigenvalue weighted by Gasteiger charge is 2.16. The van der Waals surface area contributed by atoms with Crippen molar-refractivity contribution in [3.8, 4) is 27.8 Å². The molecule has 0 radical (unpaired) electrons. The highest BCUT2D eigenvalue weighted by molar-refractivity contribution is 7.13. The molecule has 0 unspecified atom stereocenters. The van der Waals surface area contributed by atoms with Crippen LogP contribution in [-0.2, 0) is 11.3 Å². The van der Waals surface area contributed by atoms with Gasteiger partial charge in [-0.25, -0.2) is 9.78 Å². The summed E-state index contributed by atoms with van der Waals surface area (Å²) in [5.74, 6) is 0.821. The minimum absolute atomic E-state index is 0.118. The zero-order valence-electron chi connectivity index (χ0n) is 15.8. The minimum Gasteiger partial charge on any atom is -0.497 e. The molecule has 4 rings (SSSR count). The van der Waals surface area contributed by atoms with E-state index < -0.39 is 5.97 Å². The van der Waals surface area contributed by atoms with Crippen LogP contribution < -0.4 is 4.74 Å². The van der Waals surface area contributed by atoms with E-state index in [-0.39, 0.29) is 18.2 Å². The fourth-order valence-electron chi connectivity index (χ4n) is 2.64. The SMILES string of the molecule is COc1ccc(-c2nc(C(=O)OCc3nnc(-c4cccc(C)c4)o3)cs2)cc1. The van der Waals surface area contributed by atoms with E-state index in [2.05, 4.69) is 15.2 Å². The number of carbonyl (C=O) groups is 1. The normalized spacial score (nSPS) is 10.7. The first-order valence-corrected chi connectivity index (χ1v) is 9.67. The molecular formula is C21H17N3O4S. The molecule has 2 heterocycles. The molecule has 0 spiro atoms. The maximum Gasteiger partial charge on any atom is 0.358 e. The van der Waals surface area contributed by atoms with Crippen LogP contribution in [0.3, 0.4) is 0 Å². The van der Waals surface area contributed by atoms with Crippen LogP contribution in [0.2, 0.25) is 0 Å². The predicted molar refractivity (Wildman–Crippen MR) is 108 cm³/mol. The van der Waals surface area contributed by atoms with Gasteiger partial charge in [0, 0.05) is 16.5 Å². The van der Waals surface area contributed by atoms with E-state index in [0.717, 1.165) is 27.4 Å². The lowest BCUT2D eigenvalue weighted by Gasteiger charge is -2.00. The molecule has 7 nitrogen and oxygen atoms in total. The number of esters is 1. The van der Waals surface area contributed by atoms with Crippen LogP contribution in [-0.4, -0.2) is 28.3 Å².